The van der Waals surface area contributed by atoms with E-state index in [9.17, 15) is 18.0 Å². The predicted octanol–water partition coefficient (Wildman–Crippen LogP) is 2.39. The lowest BCUT2D eigenvalue weighted by atomic mass is 10.2. The van der Waals surface area contributed by atoms with Crippen LogP contribution < -0.4 is 9.80 Å². The third-order valence-corrected chi connectivity index (χ3v) is 8.53. The van der Waals surface area contributed by atoms with E-state index in [1.807, 2.05) is 29.2 Å². The van der Waals surface area contributed by atoms with E-state index in [-0.39, 0.29) is 48.0 Å². The third-order valence-electron chi connectivity index (χ3n) is 5.32. The van der Waals surface area contributed by atoms with Crippen molar-refractivity contribution < 1.29 is 23.1 Å². The number of nitrogens with zero attached hydrogens (tertiary/aromatic N) is 3. The number of aliphatic carboxylic acids is 1. The number of sulfone groups is 1. The van der Waals surface area contributed by atoms with Crippen molar-refractivity contribution in [3.8, 4) is 0 Å². The molecule has 2 aliphatic heterocycles. The molecule has 0 aromatic heterocycles. The van der Waals surface area contributed by atoms with Crippen molar-refractivity contribution in [2.45, 2.75) is 44.4 Å². The SMILES string of the molecule is CCN(CC)c1ccc(N2C(=NC(=O)CCCC(=O)O)S[C@H]3CS(=O)(=O)C[C@@H]32)cc1. The first-order chi connectivity index (χ1) is 14.2. The number of thioether (sulfide) groups is 1. The van der Waals surface area contributed by atoms with Crippen molar-refractivity contribution in [3.05, 3.63) is 24.3 Å². The van der Waals surface area contributed by atoms with Gasteiger partial charge in [0.25, 0.3) is 0 Å². The second-order valence-electron chi connectivity index (χ2n) is 7.39. The number of carbonyl (C=O) groups excluding carboxylic acids is 1. The van der Waals surface area contributed by atoms with Gasteiger partial charge in [0.1, 0.15) is 0 Å². The topological polar surface area (TPSA) is 107 Å². The minimum Gasteiger partial charge on any atom is -0.481 e. The van der Waals surface area contributed by atoms with Crippen molar-refractivity contribution in [2.24, 2.45) is 4.99 Å². The number of hydrogen-bond acceptors (Lipinski definition) is 6. The quantitative estimate of drug-likeness (QED) is 0.639. The zero-order valence-corrected chi connectivity index (χ0v) is 18.8. The Balaban J connectivity index is 1.85. The molecule has 2 atom stereocenters. The lowest BCUT2D eigenvalue weighted by Gasteiger charge is -2.26. The number of rotatable bonds is 8. The van der Waals surface area contributed by atoms with Gasteiger partial charge in [-0.2, -0.15) is 4.99 Å². The fraction of sp³-hybridized carbons (Fsp3) is 0.550. The van der Waals surface area contributed by atoms with Gasteiger partial charge in [0.05, 0.1) is 17.5 Å². The lowest BCUT2D eigenvalue weighted by Crippen LogP contribution is -2.37. The Morgan fingerprint density at radius 2 is 1.83 bits per heavy atom. The normalized spacial score (nSPS) is 23.5. The Morgan fingerprint density at radius 3 is 2.43 bits per heavy atom. The average Bonchev–Trinajstić information content (AvgIpc) is 3.13. The van der Waals surface area contributed by atoms with Crippen LogP contribution in [0.4, 0.5) is 11.4 Å². The van der Waals surface area contributed by atoms with Crippen molar-refractivity contribution in [3.63, 3.8) is 0 Å². The molecule has 164 valence electrons. The van der Waals surface area contributed by atoms with Gasteiger partial charge in [-0.25, -0.2) is 8.42 Å². The van der Waals surface area contributed by atoms with E-state index in [1.165, 1.54) is 11.8 Å². The van der Waals surface area contributed by atoms with Crippen molar-refractivity contribution in [1.82, 2.24) is 0 Å². The molecule has 0 spiro atoms. The molecule has 10 heteroatoms. The number of carboxylic acids is 1. The van der Waals surface area contributed by atoms with Crippen LogP contribution in [0.1, 0.15) is 33.1 Å². The largest absolute Gasteiger partial charge is 0.481 e. The standard InChI is InChI=1S/C20H27N3O5S2/c1-3-22(4-2)14-8-10-15(11-9-14)23-16-12-30(27,28)13-17(16)29-20(23)21-18(24)6-5-7-19(25)26/h8-11,16-17H,3-7,12-13H2,1-2H3,(H,25,26)/t16-,17-/m0/s1. The summed E-state index contributed by atoms with van der Waals surface area (Å²) in [6, 6.07) is 7.61. The summed E-state index contributed by atoms with van der Waals surface area (Å²) in [7, 11) is -3.13. The molecule has 2 heterocycles. The number of hydrogen-bond donors (Lipinski definition) is 1. The molecule has 30 heavy (non-hydrogen) atoms. The van der Waals surface area contributed by atoms with Crippen LogP contribution in [0, 0.1) is 0 Å². The summed E-state index contributed by atoms with van der Waals surface area (Å²) >= 11 is 1.32. The zero-order chi connectivity index (χ0) is 21.9. The fourth-order valence-corrected chi connectivity index (χ4v) is 7.76. The molecule has 2 saturated heterocycles. The highest BCUT2D eigenvalue weighted by molar-refractivity contribution is 8.16. The monoisotopic (exact) mass is 453 g/mol. The maximum atomic E-state index is 12.3. The highest BCUT2D eigenvalue weighted by Gasteiger charge is 2.49. The van der Waals surface area contributed by atoms with E-state index in [1.54, 1.807) is 0 Å². The number of fused-ring (bicyclic) bond motifs is 1. The number of carboxylic acid groups (broad SMARTS) is 1. The number of amidine groups is 1. The van der Waals surface area contributed by atoms with Crippen LogP contribution in [-0.2, 0) is 19.4 Å². The van der Waals surface area contributed by atoms with Gasteiger partial charge in [0.2, 0.25) is 5.91 Å². The molecule has 1 amide bonds. The molecule has 1 N–H and O–H groups in total. The molecule has 1 aromatic rings. The number of aliphatic imine (C=N–C) groups is 1. The highest BCUT2D eigenvalue weighted by Crippen LogP contribution is 2.41. The van der Waals surface area contributed by atoms with Gasteiger partial charge in [0.15, 0.2) is 15.0 Å². The molecule has 0 radical (unpaired) electrons. The van der Waals surface area contributed by atoms with Crippen molar-refractivity contribution in [2.75, 3.05) is 34.4 Å². The second-order valence-corrected chi connectivity index (χ2v) is 10.8. The van der Waals surface area contributed by atoms with Crippen LogP contribution in [0.25, 0.3) is 0 Å². The molecule has 3 rings (SSSR count). The van der Waals surface area contributed by atoms with E-state index in [0.717, 1.165) is 24.5 Å². The number of carbonyl (C=O) groups is 2. The van der Waals surface area contributed by atoms with E-state index >= 15 is 0 Å². The Labute approximate surface area is 181 Å². The van der Waals surface area contributed by atoms with Gasteiger partial charge in [-0.3, -0.25) is 9.59 Å². The molecule has 2 aliphatic rings. The molecule has 0 unspecified atom stereocenters. The summed E-state index contributed by atoms with van der Waals surface area (Å²) in [4.78, 5) is 31.2. The van der Waals surface area contributed by atoms with Gasteiger partial charge in [-0.05, 0) is 44.5 Å². The van der Waals surface area contributed by atoms with Crippen LogP contribution in [0.2, 0.25) is 0 Å². The Bertz CT molecular complexity index is 926. The summed E-state index contributed by atoms with van der Waals surface area (Å²) in [5.74, 6) is -1.22. The molecule has 0 saturated carbocycles. The molecule has 0 aliphatic carbocycles. The minimum atomic E-state index is -3.13. The second kappa shape index (κ2) is 9.38. The molecule has 8 nitrogen and oxygen atoms in total. The summed E-state index contributed by atoms with van der Waals surface area (Å²) < 4.78 is 24.3. The molecular weight excluding hydrogens is 426 g/mol. The van der Waals surface area contributed by atoms with Gasteiger partial charge in [-0.15, -0.1) is 0 Å². The molecular formula is C20H27N3O5S2. The third kappa shape index (κ3) is 5.15. The summed E-state index contributed by atoms with van der Waals surface area (Å²) in [5.41, 5.74) is 1.88. The van der Waals surface area contributed by atoms with Crippen LogP contribution in [-0.4, -0.2) is 66.5 Å². The van der Waals surface area contributed by atoms with Gasteiger partial charge in [-0.1, -0.05) is 11.8 Å². The van der Waals surface area contributed by atoms with E-state index in [4.69, 9.17) is 5.11 Å². The lowest BCUT2D eigenvalue weighted by molar-refractivity contribution is -0.137. The first-order valence-corrected chi connectivity index (χ1v) is 12.8. The highest BCUT2D eigenvalue weighted by atomic mass is 32.2. The smallest absolute Gasteiger partial charge is 0.303 e. The average molecular weight is 454 g/mol. The van der Waals surface area contributed by atoms with Crippen LogP contribution >= 0.6 is 11.8 Å². The zero-order valence-electron chi connectivity index (χ0n) is 17.2. The maximum absolute atomic E-state index is 12.3. The Kier molecular flexibility index (Phi) is 7.07. The Morgan fingerprint density at radius 1 is 1.17 bits per heavy atom. The predicted molar refractivity (Wildman–Crippen MR) is 120 cm³/mol. The van der Waals surface area contributed by atoms with Gasteiger partial charge >= 0.3 is 5.97 Å². The number of benzene rings is 1. The van der Waals surface area contributed by atoms with Crippen molar-refractivity contribution >= 4 is 50.0 Å². The van der Waals surface area contributed by atoms with Gasteiger partial charge in [0, 0.05) is 42.6 Å². The fourth-order valence-electron chi connectivity index (χ4n) is 3.83. The van der Waals surface area contributed by atoms with Crippen LogP contribution in [0.3, 0.4) is 0 Å². The summed E-state index contributed by atoms with van der Waals surface area (Å²) in [6.45, 7) is 5.94. The number of anilines is 2. The number of amides is 1. The molecule has 2 fully saturated rings. The molecule has 0 bridgehead atoms. The van der Waals surface area contributed by atoms with E-state index in [2.05, 4.69) is 23.7 Å². The maximum Gasteiger partial charge on any atom is 0.303 e. The summed E-state index contributed by atoms with van der Waals surface area (Å²) in [6.07, 6.45) is 0.206. The van der Waals surface area contributed by atoms with E-state index in [0.29, 0.717) is 5.17 Å². The first-order valence-electron chi connectivity index (χ1n) is 10.1. The minimum absolute atomic E-state index is 0.0364. The van der Waals surface area contributed by atoms with Crippen LogP contribution in [0.5, 0.6) is 0 Å². The summed E-state index contributed by atoms with van der Waals surface area (Å²) in [5, 5.41) is 9.07. The van der Waals surface area contributed by atoms with Crippen molar-refractivity contribution in [1.29, 1.82) is 0 Å². The molecule has 1 aromatic carbocycles. The van der Waals surface area contributed by atoms with E-state index < -0.39 is 15.8 Å². The van der Waals surface area contributed by atoms with Gasteiger partial charge < -0.3 is 14.9 Å². The Hall–Kier alpha value is -2.07. The first kappa shape index (κ1) is 22.6. The van der Waals surface area contributed by atoms with Crippen LogP contribution in [0.15, 0.2) is 29.3 Å².